The molecule has 0 fully saturated rings. The Morgan fingerprint density at radius 1 is 0.871 bits per heavy atom. The van der Waals surface area contributed by atoms with Gasteiger partial charge in [0.25, 0.3) is 11.8 Å². The van der Waals surface area contributed by atoms with Gasteiger partial charge in [-0.2, -0.15) is 0 Å². The highest BCUT2D eigenvalue weighted by molar-refractivity contribution is 5.98. The van der Waals surface area contributed by atoms with Crippen LogP contribution in [0.25, 0.3) is 0 Å². The van der Waals surface area contributed by atoms with Gasteiger partial charge in [0, 0.05) is 12.1 Å². The number of benzene rings is 3. The van der Waals surface area contributed by atoms with Crippen molar-refractivity contribution in [3.8, 4) is 17.2 Å². The molecule has 5 rings (SSSR count). The van der Waals surface area contributed by atoms with Crippen LogP contribution in [-0.2, 0) is 17.9 Å². The molecule has 0 atom stereocenters. The molecule has 7 nitrogen and oxygen atoms in total. The fourth-order valence-electron chi connectivity index (χ4n) is 3.66. The van der Waals surface area contributed by atoms with E-state index in [-0.39, 0.29) is 25.2 Å². The van der Waals surface area contributed by atoms with Crippen molar-refractivity contribution < 1.29 is 23.8 Å². The van der Waals surface area contributed by atoms with Crippen molar-refractivity contribution in [1.82, 2.24) is 5.32 Å². The number of nitrogens with one attached hydrogen (secondary N) is 1. The first-order chi connectivity index (χ1) is 15.2. The first kappa shape index (κ1) is 19.0. The third-order valence-electron chi connectivity index (χ3n) is 5.23. The topological polar surface area (TPSA) is 77.1 Å². The second kappa shape index (κ2) is 8.02. The van der Waals surface area contributed by atoms with Gasteiger partial charge in [-0.15, -0.1) is 0 Å². The van der Waals surface area contributed by atoms with Gasteiger partial charge in [0.15, 0.2) is 18.1 Å². The van der Waals surface area contributed by atoms with Crippen molar-refractivity contribution >= 4 is 17.5 Å². The van der Waals surface area contributed by atoms with Gasteiger partial charge in [0.05, 0.1) is 12.2 Å². The lowest BCUT2D eigenvalue weighted by Gasteiger charge is -2.29. The Kier molecular flexibility index (Phi) is 4.92. The van der Waals surface area contributed by atoms with Gasteiger partial charge >= 0.3 is 0 Å². The van der Waals surface area contributed by atoms with E-state index >= 15 is 0 Å². The Morgan fingerprint density at radius 2 is 1.74 bits per heavy atom. The number of carbonyl (C=O) groups excluding carboxylic acids is 2. The molecule has 0 radical (unpaired) electrons. The number of fused-ring (bicyclic) bond motifs is 2. The van der Waals surface area contributed by atoms with E-state index in [4.69, 9.17) is 14.2 Å². The van der Waals surface area contributed by atoms with E-state index in [0.717, 1.165) is 16.8 Å². The van der Waals surface area contributed by atoms with Crippen LogP contribution in [0.5, 0.6) is 17.2 Å². The molecule has 3 aromatic carbocycles. The van der Waals surface area contributed by atoms with Crippen LogP contribution in [0.1, 0.15) is 21.5 Å². The number of anilines is 1. The van der Waals surface area contributed by atoms with Gasteiger partial charge in [-0.25, -0.2) is 0 Å². The number of rotatable bonds is 5. The van der Waals surface area contributed by atoms with E-state index in [0.29, 0.717) is 35.9 Å². The lowest BCUT2D eigenvalue weighted by molar-refractivity contribution is -0.121. The quantitative estimate of drug-likeness (QED) is 0.691. The van der Waals surface area contributed by atoms with Crippen LogP contribution < -0.4 is 24.4 Å². The van der Waals surface area contributed by atoms with E-state index in [1.807, 2.05) is 54.6 Å². The summed E-state index contributed by atoms with van der Waals surface area (Å²) in [5, 5.41) is 2.93. The molecular weight excluding hydrogens is 396 g/mol. The zero-order chi connectivity index (χ0) is 21.2. The largest absolute Gasteiger partial charge is 0.482 e. The molecule has 0 aliphatic carbocycles. The molecule has 2 aliphatic heterocycles. The lowest BCUT2D eigenvalue weighted by atomic mass is 10.1. The molecule has 7 heteroatoms. The second-order valence-corrected chi connectivity index (χ2v) is 7.31. The highest BCUT2D eigenvalue weighted by Gasteiger charge is 2.25. The van der Waals surface area contributed by atoms with Crippen molar-refractivity contribution in [1.29, 1.82) is 0 Å². The summed E-state index contributed by atoms with van der Waals surface area (Å²) in [6.45, 7) is 0.957. The van der Waals surface area contributed by atoms with Crippen LogP contribution in [0.3, 0.4) is 0 Å². The fraction of sp³-hybridized carbons (Fsp3) is 0.167. The first-order valence-corrected chi connectivity index (χ1v) is 9.95. The van der Waals surface area contributed by atoms with Crippen LogP contribution in [0.15, 0.2) is 66.7 Å². The molecule has 2 amide bonds. The summed E-state index contributed by atoms with van der Waals surface area (Å²) in [5.41, 5.74) is 3.05. The van der Waals surface area contributed by atoms with Crippen LogP contribution in [0, 0.1) is 0 Å². The maximum atomic E-state index is 12.7. The minimum Gasteiger partial charge on any atom is -0.482 e. The van der Waals surface area contributed by atoms with Crippen LogP contribution in [0.4, 0.5) is 5.69 Å². The number of hydrogen-bond donors (Lipinski definition) is 1. The average Bonchev–Trinajstić information content (AvgIpc) is 3.27. The predicted molar refractivity (Wildman–Crippen MR) is 113 cm³/mol. The molecule has 156 valence electrons. The first-order valence-electron chi connectivity index (χ1n) is 9.95. The molecule has 2 aliphatic rings. The Balaban J connectivity index is 1.28. The highest BCUT2D eigenvalue weighted by atomic mass is 16.7. The van der Waals surface area contributed by atoms with E-state index in [9.17, 15) is 9.59 Å². The highest BCUT2D eigenvalue weighted by Crippen LogP contribution is 2.33. The number of hydrogen-bond acceptors (Lipinski definition) is 5. The predicted octanol–water partition coefficient (Wildman–Crippen LogP) is 3.27. The van der Waals surface area contributed by atoms with Gasteiger partial charge in [-0.3, -0.25) is 9.59 Å². The standard InChI is InChI=1S/C24H20N2O5/c27-23-14-29-20-7-2-1-6-19(20)26(23)13-17-4-3-5-18(10-17)24(28)25-12-16-8-9-21-22(11-16)31-15-30-21/h1-11H,12-15H2,(H,25,28). The summed E-state index contributed by atoms with van der Waals surface area (Å²) in [7, 11) is 0. The monoisotopic (exact) mass is 416 g/mol. The van der Waals surface area contributed by atoms with Gasteiger partial charge in [-0.1, -0.05) is 30.3 Å². The van der Waals surface area contributed by atoms with Crippen molar-refractivity contribution in [2.45, 2.75) is 13.1 Å². The second-order valence-electron chi connectivity index (χ2n) is 7.31. The fourth-order valence-corrected chi connectivity index (χ4v) is 3.66. The van der Waals surface area contributed by atoms with Gasteiger partial charge < -0.3 is 24.4 Å². The summed E-state index contributed by atoms with van der Waals surface area (Å²) in [5.74, 6) is 1.77. The third-order valence-corrected chi connectivity index (χ3v) is 5.23. The minimum atomic E-state index is -0.187. The number of nitrogens with zero attached hydrogens (tertiary/aromatic N) is 1. The SMILES string of the molecule is O=C(NCc1ccc2c(c1)OCO2)c1cccc(CN2C(=O)COc3ccccc32)c1. The van der Waals surface area contributed by atoms with Gasteiger partial charge in [0.1, 0.15) is 5.75 Å². The molecule has 31 heavy (non-hydrogen) atoms. The molecule has 0 saturated heterocycles. The number of amides is 2. The number of para-hydroxylation sites is 2. The van der Waals surface area contributed by atoms with Gasteiger partial charge in [-0.05, 0) is 47.5 Å². The normalized spacial score (nSPS) is 14.1. The summed E-state index contributed by atoms with van der Waals surface area (Å²) < 4.78 is 16.2. The van der Waals surface area contributed by atoms with Crippen LogP contribution in [0.2, 0.25) is 0 Å². The zero-order valence-corrected chi connectivity index (χ0v) is 16.7. The van der Waals surface area contributed by atoms with Gasteiger partial charge in [0.2, 0.25) is 6.79 Å². The molecule has 0 spiro atoms. The zero-order valence-electron chi connectivity index (χ0n) is 16.7. The van der Waals surface area contributed by atoms with E-state index in [2.05, 4.69) is 5.32 Å². The molecule has 0 saturated carbocycles. The average molecular weight is 416 g/mol. The molecular formula is C24H20N2O5. The Bertz CT molecular complexity index is 1160. The van der Waals surface area contributed by atoms with Crippen molar-refractivity contribution in [2.75, 3.05) is 18.3 Å². The van der Waals surface area contributed by atoms with E-state index in [1.54, 1.807) is 17.0 Å². The van der Waals surface area contributed by atoms with Crippen molar-refractivity contribution in [3.05, 3.63) is 83.4 Å². The molecule has 0 bridgehead atoms. The summed E-state index contributed by atoms with van der Waals surface area (Å²) in [6.07, 6.45) is 0. The molecule has 1 N–H and O–H groups in total. The molecule has 0 unspecified atom stereocenters. The third kappa shape index (κ3) is 3.90. The minimum absolute atomic E-state index is 0.00667. The van der Waals surface area contributed by atoms with Crippen molar-refractivity contribution in [2.24, 2.45) is 0 Å². The van der Waals surface area contributed by atoms with Crippen LogP contribution >= 0.6 is 0 Å². The summed E-state index contributed by atoms with van der Waals surface area (Å²) >= 11 is 0. The van der Waals surface area contributed by atoms with Crippen molar-refractivity contribution in [3.63, 3.8) is 0 Å². The number of carbonyl (C=O) groups is 2. The molecule has 3 aromatic rings. The smallest absolute Gasteiger partial charge is 0.265 e. The summed E-state index contributed by atoms with van der Waals surface area (Å²) in [6, 6.07) is 20.3. The maximum Gasteiger partial charge on any atom is 0.265 e. The molecule has 0 aromatic heterocycles. The van der Waals surface area contributed by atoms with E-state index < -0.39 is 0 Å². The summed E-state index contributed by atoms with van der Waals surface area (Å²) in [4.78, 5) is 26.8. The molecule has 2 heterocycles. The maximum absolute atomic E-state index is 12.7. The number of ether oxygens (including phenoxy) is 3. The Morgan fingerprint density at radius 3 is 2.68 bits per heavy atom. The lowest BCUT2D eigenvalue weighted by Crippen LogP contribution is -2.38. The Labute approximate surface area is 179 Å². The Hall–Kier alpha value is -4.00. The van der Waals surface area contributed by atoms with E-state index in [1.165, 1.54) is 0 Å². The van der Waals surface area contributed by atoms with Crippen LogP contribution in [-0.4, -0.2) is 25.2 Å².